The van der Waals surface area contributed by atoms with Gasteiger partial charge in [-0.25, -0.2) is 8.42 Å². The normalized spacial score (nSPS) is 17.5. The van der Waals surface area contributed by atoms with Gasteiger partial charge in [0.1, 0.15) is 12.2 Å². The van der Waals surface area contributed by atoms with Crippen molar-refractivity contribution in [1.29, 1.82) is 0 Å². The first-order valence-electron chi connectivity index (χ1n) is 7.52. The van der Waals surface area contributed by atoms with Crippen LogP contribution in [0.15, 0.2) is 29.4 Å². The molecule has 8 heteroatoms. The van der Waals surface area contributed by atoms with Crippen molar-refractivity contribution in [3.63, 3.8) is 0 Å². The van der Waals surface area contributed by atoms with E-state index in [1.54, 1.807) is 35.8 Å². The molecule has 2 heterocycles. The third-order valence-electron chi connectivity index (χ3n) is 4.32. The maximum atomic E-state index is 12.8. The number of aryl methyl sites for hydroxylation is 2. The van der Waals surface area contributed by atoms with Gasteiger partial charge < -0.3 is 4.57 Å². The number of halogens is 1. The van der Waals surface area contributed by atoms with Crippen LogP contribution in [0, 0.1) is 13.8 Å². The SMILES string of the molecule is Cc1cc(Cl)ccc1S(=O)(=O)N1CCC(n2cnnc2C)CC1. The van der Waals surface area contributed by atoms with Crippen molar-refractivity contribution in [3.05, 3.63) is 40.9 Å². The number of sulfonamides is 1. The number of aromatic nitrogens is 3. The Morgan fingerprint density at radius 3 is 2.48 bits per heavy atom. The standard InChI is InChI=1S/C15H19ClN4O2S/c1-11-9-13(16)3-4-15(11)23(21,22)19-7-5-14(6-8-19)20-10-17-18-12(20)2/h3-4,9-10,14H,5-8H2,1-2H3. The van der Waals surface area contributed by atoms with Crippen molar-refractivity contribution in [2.45, 2.75) is 37.6 Å². The molecular formula is C15H19ClN4O2S. The number of benzene rings is 1. The molecule has 3 rings (SSSR count). The largest absolute Gasteiger partial charge is 0.315 e. The van der Waals surface area contributed by atoms with E-state index in [-0.39, 0.29) is 6.04 Å². The van der Waals surface area contributed by atoms with Gasteiger partial charge in [-0.15, -0.1) is 10.2 Å². The Morgan fingerprint density at radius 1 is 1.22 bits per heavy atom. The number of piperidine rings is 1. The zero-order valence-electron chi connectivity index (χ0n) is 13.1. The highest BCUT2D eigenvalue weighted by Gasteiger charge is 2.31. The number of hydrogen-bond donors (Lipinski definition) is 0. The first-order valence-corrected chi connectivity index (χ1v) is 9.34. The van der Waals surface area contributed by atoms with E-state index in [9.17, 15) is 8.42 Å². The van der Waals surface area contributed by atoms with E-state index in [0.717, 1.165) is 18.7 Å². The lowest BCUT2D eigenvalue weighted by Crippen LogP contribution is -2.39. The Kier molecular flexibility index (Phi) is 4.44. The van der Waals surface area contributed by atoms with Crippen LogP contribution < -0.4 is 0 Å². The predicted octanol–water partition coefficient (Wildman–Crippen LogP) is 2.57. The molecule has 0 bridgehead atoms. The fourth-order valence-electron chi connectivity index (χ4n) is 3.06. The fraction of sp³-hybridized carbons (Fsp3) is 0.467. The minimum absolute atomic E-state index is 0.253. The maximum absolute atomic E-state index is 12.8. The molecule has 1 aromatic heterocycles. The van der Waals surface area contributed by atoms with Gasteiger partial charge in [-0.3, -0.25) is 0 Å². The smallest absolute Gasteiger partial charge is 0.243 e. The first kappa shape index (κ1) is 16.4. The van der Waals surface area contributed by atoms with Gasteiger partial charge in [0.2, 0.25) is 10.0 Å². The molecule has 23 heavy (non-hydrogen) atoms. The molecule has 0 N–H and O–H groups in total. The molecule has 0 amide bonds. The topological polar surface area (TPSA) is 68.1 Å². The first-order chi connectivity index (χ1) is 10.9. The summed E-state index contributed by atoms with van der Waals surface area (Å²) in [4.78, 5) is 0.334. The van der Waals surface area contributed by atoms with E-state index in [1.165, 1.54) is 0 Å². The van der Waals surface area contributed by atoms with Gasteiger partial charge in [0, 0.05) is 24.2 Å². The van der Waals surface area contributed by atoms with Crippen molar-refractivity contribution in [3.8, 4) is 0 Å². The van der Waals surface area contributed by atoms with Gasteiger partial charge in [0.25, 0.3) is 0 Å². The molecule has 0 aliphatic carbocycles. The van der Waals surface area contributed by atoms with Crippen LogP contribution in [0.5, 0.6) is 0 Å². The summed E-state index contributed by atoms with van der Waals surface area (Å²) in [5.74, 6) is 0.861. The summed E-state index contributed by atoms with van der Waals surface area (Å²) >= 11 is 5.92. The zero-order chi connectivity index (χ0) is 16.6. The fourth-order valence-corrected chi connectivity index (χ4v) is 4.96. The van der Waals surface area contributed by atoms with Gasteiger partial charge in [0.15, 0.2) is 0 Å². The van der Waals surface area contributed by atoms with Crippen LogP contribution >= 0.6 is 11.6 Å². The van der Waals surface area contributed by atoms with Crippen LogP contribution in [0.2, 0.25) is 5.02 Å². The zero-order valence-corrected chi connectivity index (χ0v) is 14.7. The van der Waals surface area contributed by atoms with Crippen LogP contribution in [0.4, 0.5) is 0 Å². The quantitative estimate of drug-likeness (QED) is 0.849. The van der Waals surface area contributed by atoms with Crippen LogP contribution in [0.1, 0.15) is 30.3 Å². The maximum Gasteiger partial charge on any atom is 0.243 e. The molecule has 1 aromatic carbocycles. The number of rotatable bonds is 3. The molecule has 0 unspecified atom stereocenters. The summed E-state index contributed by atoms with van der Waals surface area (Å²) in [5.41, 5.74) is 0.675. The molecule has 0 spiro atoms. The minimum Gasteiger partial charge on any atom is -0.315 e. The molecule has 0 saturated carbocycles. The molecule has 1 aliphatic heterocycles. The summed E-state index contributed by atoms with van der Waals surface area (Å²) in [5, 5.41) is 8.44. The predicted molar refractivity (Wildman–Crippen MR) is 88.0 cm³/mol. The molecule has 2 aromatic rings. The highest BCUT2D eigenvalue weighted by Crippen LogP contribution is 2.29. The van der Waals surface area contributed by atoms with E-state index in [4.69, 9.17) is 11.6 Å². The van der Waals surface area contributed by atoms with E-state index in [1.807, 2.05) is 11.5 Å². The van der Waals surface area contributed by atoms with E-state index < -0.39 is 10.0 Å². The van der Waals surface area contributed by atoms with Gasteiger partial charge in [-0.05, 0) is 50.5 Å². The number of hydrogen-bond acceptors (Lipinski definition) is 4. The lowest BCUT2D eigenvalue weighted by atomic mass is 10.1. The second kappa shape index (κ2) is 6.22. The van der Waals surface area contributed by atoms with Gasteiger partial charge in [-0.1, -0.05) is 11.6 Å². The van der Waals surface area contributed by atoms with Crippen LogP contribution in [-0.2, 0) is 10.0 Å². The van der Waals surface area contributed by atoms with Crippen molar-refractivity contribution >= 4 is 21.6 Å². The summed E-state index contributed by atoms with van der Waals surface area (Å²) in [6, 6.07) is 5.14. The Bertz CT molecular complexity index is 811. The minimum atomic E-state index is -3.48. The van der Waals surface area contributed by atoms with Crippen LogP contribution in [0.25, 0.3) is 0 Å². The summed E-state index contributed by atoms with van der Waals surface area (Å²) in [6.45, 7) is 4.67. The van der Waals surface area contributed by atoms with Crippen LogP contribution in [-0.4, -0.2) is 40.6 Å². The Morgan fingerprint density at radius 2 is 1.91 bits per heavy atom. The third kappa shape index (κ3) is 3.13. The van der Waals surface area contributed by atoms with E-state index >= 15 is 0 Å². The van der Waals surface area contributed by atoms with Crippen LogP contribution in [0.3, 0.4) is 0 Å². The molecule has 0 radical (unpaired) electrons. The van der Waals surface area contributed by atoms with Gasteiger partial charge in [0.05, 0.1) is 4.90 Å². The molecule has 1 saturated heterocycles. The summed E-state index contributed by atoms with van der Waals surface area (Å²) in [6.07, 6.45) is 3.23. The Balaban J connectivity index is 1.77. The van der Waals surface area contributed by atoms with Crippen molar-refractivity contribution in [2.75, 3.05) is 13.1 Å². The highest BCUT2D eigenvalue weighted by molar-refractivity contribution is 7.89. The molecule has 1 fully saturated rings. The second-order valence-electron chi connectivity index (χ2n) is 5.83. The lowest BCUT2D eigenvalue weighted by molar-refractivity contribution is 0.271. The Hall–Kier alpha value is -1.44. The van der Waals surface area contributed by atoms with Gasteiger partial charge in [-0.2, -0.15) is 4.31 Å². The van der Waals surface area contributed by atoms with Gasteiger partial charge >= 0.3 is 0 Å². The monoisotopic (exact) mass is 354 g/mol. The molecule has 0 atom stereocenters. The second-order valence-corrected chi connectivity index (χ2v) is 8.17. The third-order valence-corrected chi connectivity index (χ3v) is 6.62. The van der Waals surface area contributed by atoms with E-state index in [2.05, 4.69) is 10.2 Å². The molecular weight excluding hydrogens is 336 g/mol. The molecule has 124 valence electrons. The highest BCUT2D eigenvalue weighted by atomic mass is 35.5. The van der Waals surface area contributed by atoms with E-state index in [0.29, 0.717) is 28.6 Å². The average molecular weight is 355 g/mol. The lowest BCUT2D eigenvalue weighted by Gasteiger charge is -2.32. The molecule has 1 aliphatic rings. The number of nitrogens with zero attached hydrogens (tertiary/aromatic N) is 4. The van der Waals surface area contributed by atoms with Crippen molar-refractivity contribution in [1.82, 2.24) is 19.1 Å². The molecule has 6 nitrogen and oxygen atoms in total. The van der Waals surface area contributed by atoms with Crippen molar-refractivity contribution in [2.24, 2.45) is 0 Å². The summed E-state index contributed by atoms with van der Waals surface area (Å²) in [7, 11) is -3.48. The summed E-state index contributed by atoms with van der Waals surface area (Å²) < 4.78 is 29.2. The average Bonchev–Trinajstić information content (AvgIpc) is 2.93. The van der Waals surface area contributed by atoms with Crippen molar-refractivity contribution < 1.29 is 8.42 Å². The Labute approximate surface area is 141 Å².